The molecule has 8 heteroatoms. The van der Waals surface area contributed by atoms with E-state index in [-0.39, 0.29) is 10.6 Å². The average molecular weight is 323 g/mol. The van der Waals surface area contributed by atoms with Crippen molar-refractivity contribution in [2.24, 2.45) is 28.8 Å². The Kier molecular flexibility index (Phi) is 2.80. The van der Waals surface area contributed by atoms with Gasteiger partial charge >= 0.3 is 0 Å². The van der Waals surface area contributed by atoms with Crippen LogP contribution in [-0.2, 0) is 10.0 Å². The molecule has 118 valence electrons. The minimum atomic E-state index is -3.94. The molecule has 3 aliphatic rings. The molecule has 22 heavy (non-hydrogen) atoms. The van der Waals surface area contributed by atoms with Gasteiger partial charge in [-0.15, -0.1) is 0 Å². The Hall–Kier alpha value is -1.67. The molecule has 3 aliphatic carbocycles. The highest BCUT2D eigenvalue weighted by Crippen LogP contribution is 2.66. The van der Waals surface area contributed by atoms with Gasteiger partial charge < -0.3 is 5.32 Å². The Balaban J connectivity index is 1.61. The molecule has 0 aromatic heterocycles. The van der Waals surface area contributed by atoms with Crippen molar-refractivity contribution in [3.63, 3.8) is 0 Å². The molecule has 0 aliphatic heterocycles. The summed E-state index contributed by atoms with van der Waals surface area (Å²) < 4.78 is 22.7. The van der Waals surface area contributed by atoms with Crippen molar-refractivity contribution >= 4 is 21.4 Å². The van der Waals surface area contributed by atoms with Crippen molar-refractivity contribution in [3.8, 4) is 0 Å². The molecule has 1 aromatic rings. The fourth-order valence-electron chi connectivity index (χ4n) is 4.66. The lowest BCUT2D eigenvalue weighted by Gasteiger charge is -2.12. The molecular weight excluding hydrogens is 306 g/mol. The van der Waals surface area contributed by atoms with Crippen molar-refractivity contribution in [2.75, 3.05) is 5.32 Å². The Morgan fingerprint density at radius 2 is 1.86 bits per heavy atom. The predicted molar refractivity (Wildman–Crippen MR) is 79.7 cm³/mol. The molecule has 0 spiro atoms. The summed E-state index contributed by atoms with van der Waals surface area (Å²) in [5, 5.41) is 19.5. The third-order valence-electron chi connectivity index (χ3n) is 5.55. The van der Waals surface area contributed by atoms with Crippen LogP contribution in [0.4, 0.5) is 11.4 Å². The maximum absolute atomic E-state index is 11.3. The number of sulfonamides is 1. The van der Waals surface area contributed by atoms with E-state index < -0.39 is 14.9 Å². The predicted octanol–water partition coefficient (Wildman–Crippen LogP) is 1.70. The van der Waals surface area contributed by atoms with E-state index >= 15 is 0 Å². The molecule has 2 bridgehead atoms. The van der Waals surface area contributed by atoms with Gasteiger partial charge in [0.05, 0.1) is 9.82 Å². The molecule has 3 N–H and O–H groups in total. The Morgan fingerprint density at radius 3 is 2.41 bits per heavy atom. The van der Waals surface area contributed by atoms with Gasteiger partial charge in [0.2, 0.25) is 10.0 Å². The van der Waals surface area contributed by atoms with E-state index in [1.54, 1.807) is 0 Å². The van der Waals surface area contributed by atoms with E-state index in [0.717, 1.165) is 17.9 Å². The molecule has 0 saturated heterocycles. The molecule has 0 radical (unpaired) electrons. The fraction of sp³-hybridized carbons (Fsp3) is 0.571. The summed E-state index contributed by atoms with van der Waals surface area (Å²) in [6, 6.07) is 4.10. The van der Waals surface area contributed by atoms with Crippen LogP contribution in [0.2, 0.25) is 0 Å². The van der Waals surface area contributed by atoms with Crippen LogP contribution in [0.1, 0.15) is 19.3 Å². The van der Waals surface area contributed by atoms with E-state index in [1.165, 1.54) is 31.4 Å². The number of hydrogen-bond donors (Lipinski definition) is 2. The van der Waals surface area contributed by atoms with Crippen LogP contribution >= 0.6 is 0 Å². The SMILES string of the molecule is NS(=O)(=O)c1ccc(NC2C3C4CCC(C4)C23)c([N+](=O)[O-])c1. The largest absolute Gasteiger partial charge is 0.376 e. The normalized spacial score (nSPS) is 35.2. The van der Waals surface area contributed by atoms with E-state index in [9.17, 15) is 18.5 Å². The Bertz CT molecular complexity index is 747. The maximum Gasteiger partial charge on any atom is 0.293 e. The Labute approximate surface area is 128 Å². The van der Waals surface area contributed by atoms with Crippen LogP contribution in [-0.4, -0.2) is 19.4 Å². The molecule has 1 aromatic carbocycles. The number of rotatable bonds is 4. The lowest BCUT2D eigenvalue weighted by atomic mass is 10.0. The van der Waals surface area contributed by atoms with Gasteiger partial charge in [-0.1, -0.05) is 0 Å². The summed E-state index contributed by atoms with van der Waals surface area (Å²) in [4.78, 5) is 10.4. The summed E-state index contributed by atoms with van der Waals surface area (Å²) in [7, 11) is -3.94. The minimum Gasteiger partial charge on any atom is -0.376 e. The number of nitrogens with one attached hydrogen (secondary N) is 1. The fourth-order valence-corrected chi connectivity index (χ4v) is 5.19. The zero-order chi connectivity index (χ0) is 15.6. The summed E-state index contributed by atoms with van der Waals surface area (Å²) in [5.74, 6) is 2.79. The van der Waals surface area contributed by atoms with Gasteiger partial charge in [-0.25, -0.2) is 13.6 Å². The highest BCUT2D eigenvalue weighted by molar-refractivity contribution is 7.89. The van der Waals surface area contributed by atoms with Crippen LogP contribution in [0, 0.1) is 33.8 Å². The summed E-state index contributed by atoms with van der Waals surface area (Å²) in [5.41, 5.74) is 0.153. The van der Waals surface area contributed by atoms with E-state index in [1.807, 2.05) is 0 Å². The summed E-state index contributed by atoms with van der Waals surface area (Å²) >= 11 is 0. The van der Waals surface area contributed by atoms with Gasteiger partial charge in [-0.05, 0) is 55.1 Å². The topological polar surface area (TPSA) is 115 Å². The summed E-state index contributed by atoms with van der Waals surface area (Å²) in [6.07, 6.45) is 3.85. The van der Waals surface area contributed by atoms with Crippen LogP contribution in [0.3, 0.4) is 0 Å². The number of benzene rings is 1. The first kappa shape index (κ1) is 14.0. The molecule has 4 rings (SSSR count). The number of primary sulfonamides is 1. The number of nitrogens with zero attached hydrogens (tertiary/aromatic N) is 1. The lowest BCUT2D eigenvalue weighted by molar-refractivity contribution is -0.384. The molecule has 3 saturated carbocycles. The zero-order valence-corrected chi connectivity index (χ0v) is 12.6. The number of nitro groups is 1. The third-order valence-corrected chi connectivity index (χ3v) is 6.46. The van der Waals surface area contributed by atoms with Gasteiger partial charge in [0.1, 0.15) is 5.69 Å². The van der Waals surface area contributed by atoms with E-state index in [2.05, 4.69) is 5.32 Å². The van der Waals surface area contributed by atoms with Crippen molar-refractivity contribution in [1.82, 2.24) is 0 Å². The number of nitrogens with two attached hydrogens (primary N) is 1. The number of anilines is 1. The number of nitro benzene ring substituents is 1. The molecule has 3 fully saturated rings. The van der Waals surface area contributed by atoms with Crippen molar-refractivity contribution in [1.29, 1.82) is 0 Å². The molecule has 4 unspecified atom stereocenters. The second-order valence-corrected chi connectivity index (χ2v) is 8.20. The van der Waals surface area contributed by atoms with E-state index in [4.69, 9.17) is 5.14 Å². The van der Waals surface area contributed by atoms with Gasteiger partial charge in [0.15, 0.2) is 0 Å². The van der Waals surface area contributed by atoms with Gasteiger partial charge in [-0.2, -0.15) is 0 Å². The van der Waals surface area contributed by atoms with Crippen molar-refractivity contribution in [2.45, 2.75) is 30.2 Å². The van der Waals surface area contributed by atoms with Crippen LogP contribution in [0.25, 0.3) is 0 Å². The number of fused-ring (bicyclic) bond motifs is 5. The first-order chi connectivity index (χ1) is 10.4. The standard InChI is InChI=1S/C14H17N3O4S/c15-22(20,21)9-3-4-10(11(6-9)17(18)19)16-14-12-7-1-2-8(5-7)13(12)14/h3-4,6-8,12-14,16H,1-2,5H2,(H2,15,20,21). The second-order valence-electron chi connectivity index (χ2n) is 6.64. The average Bonchev–Trinajstić information content (AvgIpc) is 2.83. The van der Waals surface area contributed by atoms with Crippen molar-refractivity contribution < 1.29 is 13.3 Å². The minimum absolute atomic E-state index is 0.233. The molecule has 4 atom stereocenters. The van der Waals surface area contributed by atoms with Gasteiger partial charge in [-0.3, -0.25) is 10.1 Å². The quantitative estimate of drug-likeness (QED) is 0.646. The Morgan fingerprint density at radius 1 is 1.23 bits per heavy atom. The lowest BCUT2D eigenvalue weighted by Crippen LogP contribution is -2.15. The van der Waals surface area contributed by atoms with Crippen LogP contribution in [0.5, 0.6) is 0 Å². The second kappa shape index (κ2) is 4.42. The third kappa shape index (κ3) is 2.01. The smallest absolute Gasteiger partial charge is 0.293 e. The van der Waals surface area contributed by atoms with Gasteiger partial charge in [0, 0.05) is 12.1 Å². The summed E-state index contributed by atoms with van der Waals surface area (Å²) in [6.45, 7) is 0. The first-order valence-corrected chi connectivity index (χ1v) is 8.98. The molecule has 0 amide bonds. The highest BCUT2D eigenvalue weighted by Gasteiger charge is 2.65. The maximum atomic E-state index is 11.3. The van der Waals surface area contributed by atoms with Crippen LogP contribution in [0.15, 0.2) is 23.1 Å². The van der Waals surface area contributed by atoms with Crippen molar-refractivity contribution in [3.05, 3.63) is 28.3 Å². The van der Waals surface area contributed by atoms with Crippen LogP contribution < -0.4 is 10.5 Å². The molecule has 0 heterocycles. The highest BCUT2D eigenvalue weighted by atomic mass is 32.2. The molecule has 7 nitrogen and oxygen atoms in total. The monoisotopic (exact) mass is 323 g/mol. The first-order valence-electron chi connectivity index (χ1n) is 7.44. The van der Waals surface area contributed by atoms with Gasteiger partial charge in [0.25, 0.3) is 5.69 Å². The zero-order valence-electron chi connectivity index (χ0n) is 11.8. The molecular formula is C14H17N3O4S. The van der Waals surface area contributed by atoms with E-state index in [0.29, 0.717) is 23.6 Å². The number of hydrogen-bond acceptors (Lipinski definition) is 5.